The molecule has 0 unspecified atom stereocenters. The van der Waals surface area contributed by atoms with Crippen LogP contribution in [-0.2, 0) is 4.79 Å². The monoisotopic (exact) mass is 193 g/mol. The Morgan fingerprint density at radius 2 is 2.21 bits per heavy atom. The van der Waals surface area contributed by atoms with Crippen molar-refractivity contribution in [2.24, 2.45) is 11.3 Å². The smallest absolute Gasteiger partial charge is 0.217 e. The van der Waals surface area contributed by atoms with E-state index in [4.69, 9.17) is 0 Å². The van der Waals surface area contributed by atoms with E-state index in [-0.39, 0.29) is 16.9 Å². The minimum atomic E-state index is -0.0694. The Morgan fingerprint density at radius 1 is 1.57 bits per heavy atom. The summed E-state index contributed by atoms with van der Waals surface area (Å²) in [5, 5.41) is 3.11. The van der Waals surface area contributed by atoms with Crippen LogP contribution in [0.25, 0.3) is 0 Å². The quantitative estimate of drug-likeness (QED) is 0.636. The standard InChI is InChI=1S/C12H19NO/c1-8-11(3,4)10-5-6-12(8,7-10)13-9(2)14/h10H,1,5-7H2,2-4H3,(H,13,14)/t10-,12-/m1/s1. The highest BCUT2D eigenvalue weighted by Crippen LogP contribution is 2.60. The molecule has 0 radical (unpaired) electrons. The number of hydrogen-bond acceptors (Lipinski definition) is 1. The molecule has 0 aromatic carbocycles. The second-order valence-corrected chi connectivity index (χ2v) is 5.40. The average molecular weight is 193 g/mol. The van der Waals surface area contributed by atoms with Gasteiger partial charge in [-0.15, -0.1) is 0 Å². The Morgan fingerprint density at radius 3 is 2.64 bits per heavy atom. The molecule has 0 aromatic heterocycles. The van der Waals surface area contributed by atoms with Crippen molar-refractivity contribution in [2.75, 3.05) is 0 Å². The average Bonchev–Trinajstić information content (AvgIpc) is 2.52. The van der Waals surface area contributed by atoms with Gasteiger partial charge in [0, 0.05) is 6.92 Å². The van der Waals surface area contributed by atoms with Crippen LogP contribution in [0, 0.1) is 11.3 Å². The maximum Gasteiger partial charge on any atom is 0.217 e. The van der Waals surface area contributed by atoms with Gasteiger partial charge in [0.25, 0.3) is 0 Å². The zero-order chi connectivity index (χ0) is 10.6. The van der Waals surface area contributed by atoms with Crippen LogP contribution < -0.4 is 5.32 Å². The van der Waals surface area contributed by atoms with Gasteiger partial charge in [-0.05, 0) is 36.2 Å². The van der Waals surface area contributed by atoms with Crippen molar-refractivity contribution in [3.63, 3.8) is 0 Å². The molecular weight excluding hydrogens is 174 g/mol. The van der Waals surface area contributed by atoms with Gasteiger partial charge in [-0.1, -0.05) is 20.4 Å². The number of carbonyl (C=O) groups is 1. The highest BCUT2D eigenvalue weighted by Gasteiger charge is 2.57. The molecule has 0 heterocycles. The lowest BCUT2D eigenvalue weighted by atomic mass is 9.71. The highest BCUT2D eigenvalue weighted by molar-refractivity contribution is 5.75. The summed E-state index contributed by atoms with van der Waals surface area (Å²) in [6.45, 7) is 10.3. The highest BCUT2D eigenvalue weighted by atomic mass is 16.1. The molecule has 0 saturated heterocycles. The van der Waals surface area contributed by atoms with Crippen LogP contribution in [0.2, 0.25) is 0 Å². The molecule has 0 aromatic rings. The van der Waals surface area contributed by atoms with Crippen molar-refractivity contribution in [3.8, 4) is 0 Å². The topological polar surface area (TPSA) is 29.1 Å². The fourth-order valence-electron chi connectivity index (χ4n) is 3.32. The zero-order valence-electron chi connectivity index (χ0n) is 9.31. The molecule has 78 valence electrons. The summed E-state index contributed by atoms with van der Waals surface area (Å²) in [7, 11) is 0. The van der Waals surface area contributed by atoms with E-state index in [0.29, 0.717) is 5.92 Å². The minimum Gasteiger partial charge on any atom is -0.347 e. The molecule has 1 amide bonds. The maximum atomic E-state index is 11.2. The summed E-state index contributed by atoms with van der Waals surface area (Å²) in [6, 6.07) is 0. The summed E-state index contributed by atoms with van der Waals surface area (Å²) in [5.41, 5.74) is 1.37. The van der Waals surface area contributed by atoms with Crippen LogP contribution in [0.15, 0.2) is 12.2 Å². The van der Waals surface area contributed by atoms with Gasteiger partial charge in [0.2, 0.25) is 5.91 Å². The van der Waals surface area contributed by atoms with Crippen LogP contribution in [0.3, 0.4) is 0 Å². The van der Waals surface area contributed by atoms with E-state index in [1.807, 2.05) is 0 Å². The summed E-state index contributed by atoms with van der Waals surface area (Å²) < 4.78 is 0. The van der Waals surface area contributed by atoms with Gasteiger partial charge >= 0.3 is 0 Å². The molecule has 0 spiro atoms. The van der Waals surface area contributed by atoms with E-state index in [9.17, 15) is 4.79 Å². The van der Waals surface area contributed by atoms with E-state index >= 15 is 0 Å². The van der Waals surface area contributed by atoms with Crippen LogP contribution in [0.1, 0.15) is 40.0 Å². The number of hydrogen-bond donors (Lipinski definition) is 1. The van der Waals surface area contributed by atoms with Crippen LogP contribution >= 0.6 is 0 Å². The lowest BCUT2D eigenvalue weighted by Crippen LogP contribution is -2.47. The molecular formula is C12H19NO. The molecule has 2 nitrogen and oxygen atoms in total. The van der Waals surface area contributed by atoms with E-state index in [0.717, 1.165) is 12.8 Å². The second-order valence-electron chi connectivity index (χ2n) is 5.40. The van der Waals surface area contributed by atoms with Crippen LogP contribution in [-0.4, -0.2) is 11.4 Å². The Balaban J connectivity index is 2.30. The van der Waals surface area contributed by atoms with Gasteiger partial charge in [-0.25, -0.2) is 0 Å². The molecule has 2 rings (SSSR count). The van der Waals surface area contributed by atoms with Crippen molar-refractivity contribution >= 4 is 5.91 Å². The summed E-state index contributed by atoms with van der Waals surface area (Å²) in [6.07, 6.45) is 3.41. The molecule has 1 N–H and O–H groups in total. The molecule has 2 saturated carbocycles. The molecule has 2 aliphatic carbocycles. The molecule has 2 bridgehead atoms. The van der Waals surface area contributed by atoms with E-state index in [2.05, 4.69) is 25.7 Å². The Labute approximate surface area is 85.8 Å². The van der Waals surface area contributed by atoms with Crippen LogP contribution in [0.4, 0.5) is 0 Å². The predicted octanol–water partition coefficient (Wildman–Crippen LogP) is 2.26. The predicted molar refractivity (Wildman–Crippen MR) is 56.8 cm³/mol. The van der Waals surface area contributed by atoms with E-state index in [1.165, 1.54) is 12.0 Å². The van der Waals surface area contributed by atoms with Gasteiger partial charge in [0.05, 0.1) is 5.54 Å². The maximum absolute atomic E-state index is 11.2. The number of amides is 1. The first-order valence-corrected chi connectivity index (χ1v) is 5.37. The first kappa shape index (κ1) is 9.75. The Bertz CT molecular complexity index is 305. The van der Waals surface area contributed by atoms with Crippen molar-refractivity contribution in [3.05, 3.63) is 12.2 Å². The van der Waals surface area contributed by atoms with Crippen molar-refractivity contribution in [1.29, 1.82) is 0 Å². The van der Waals surface area contributed by atoms with Gasteiger partial charge in [0.15, 0.2) is 0 Å². The first-order valence-electron chi connectivity index (χ1n) is 5.37. The van der Waals surface area contributed by atoms with Gasteiger partial charge in [-0.2, -0.15) is 0 Å². The third-order valence-electron chi connectivity index (χ3n) is 4.31. The lowest BCUT2D eigenvalue weighted by molar-refractivity contribution is -0.120. The fraction of sp³-hybridized carbons (Fsp3) is 0.750. The lowest BCUT2D eigenvalue weighted by Gasteiger charge is -2.38. The normalized spacial score (nSPS) is 38.8. The molecule has 2 fully saturated rings. The van der Waals surface area contributed by atoms with E-state index in [1.54, 1.807) is 6.92 Å². The SMILES string of the molecule is C=C1C(C)(C)[C@@H]2CC[C@@]1(NC(C)=O)C2. The third-order valence-corrected chi connectivity index (χ3v) is 4.31. The first-order chi connectivity index (χ1) is 6.38. The summed E-state index contributed by atoms with van der Waals surface area (Å²) in [5.74, 6) is 0.784. The minimum absolute atomic E-state index is 0.0694. The van der Waals surface area contributed by atoms with Crippen molar-refractivity contribution < 1.29 is 4.79 Å². The Kier molecular flexibility index (Phi) is 1.82. The van der Waals surface area contributed by atoms with Crippen molar-refractivity contribution in [1.82, 2.24) is 5.32 Å². The molecule has 0 aliphatic heterocycles. The van der Waals surface area contributed by atoms with Gasteiger partial charge < -0.3 is 5.32 Å². The van der Waals surface area contributed by atoms with Crippen molar-refractivity contribution in [2.45, 2.75) is 45.6 Å². The zero-order valence-corrected chi connectivity index (χ0v) is 9.31. The summed E-state index contributed by atoms with van der Waals surface area (Å²) in [4.78, 5) is 11.2. The number of carbonyl (C=O) groups excluding carboxylic acids is 1. The van der Waals surface area contributed by atoms with E-state index < -0.39 is 0 Å². The molecule has 14 heavy (non-hydrogen) atoms. The fourth-order valence-corrected chi connectivity index (χ4v) is 3.32. The second kappa shape index (κ2) is 2.62. The number of fused-ring (bicyclic) bond motifs is 2. The van der Waals surface area contributed by atoms with Gasteiger partial charge in [0.1, 0.15) is 0 Å². The molecule has 2 aliphatic rings. The largest absolute Gasteiger partial charge is 0.347 e. The number of rotatable bonds is 1. The number of nitrogens with one attached hydrogen (secondary N) is 1. The van der Waals surface area contributed by atoms with Gasteiger partial charge in [-0.3, -0.25) is 4.79 Å². The van der Waals surface area contributed by atoms with Crippen LogP contribution in [0.5, 0.6) is 0 Å². The molecule has 2 heteroatoms. The Hall–Kier alpha value is -0.790. The molecule has 2 atom stereocenters. The third kappa shape index (κ3) is 1.06. The summed E-state index contributed by atoms with van der Waals surface area (Å²) >= 11 is 0.